The van der Waals surface area contributed by atoms with Crippen LogP contribution in [0, 0.1) is 0 Å². The lowest BCUT2D eigenvalue weighted by Crippen LogP contribution is -2.21. The molecule has 0 amide bonds. The van der Waals surface area contributed by atoms with E-state index in [1.54, 1.807) is 6.92 Å². The van der Waals surface area contributed by atoms with Crippen molar-refractivity contribution < 1.29 is 9.53 Å². The van der Waals surface area contributed by atoms with Gasteiger partial charge in [0.15, 0.2) is 0 Å². The van der Waals surface area contributed by atoms with Crippen LogP contribution in [0.2, 0.25) is 0 Å². The quantitative estimate of drug-likeness (QED) is 0.446. The molecule has 0 saturated heterocycles. The highest BCUT2D eigenvalue weighted by Crippen LogP contribution is 1.97. The van der Waals surface area contributed by atoms with Gasteiger partial charge >= 0.3 is 5.97 Å². The second-order valence-corrected chi connectivity index (χ2v) is 4.08. The molecular weight excluding hydrogens is 202 g/mol. The van der Waals surface area contributed by atoms with Crippen molar-refractivity contribution in [2.75, 3.05) is 6.61 Å². The van der Waals surface area contributed by atoms with Gasteiger partial charge in [-0.25, -0.2) is 4.79 Å². The third kappa shape index (κ3) is 15.4. The summed E-state index contributed by atoms with van der Waals surface area (Å²) < 4.78 is 4.86. The molecule has 0 aliphatic rings. The van der Waals surface area contributed by atoms with Crippen molar-refractivity contribution in [1.29, 1.82) is 0 Å². The minimum Gasteiger partial charge on any atom is -0.462 e. The lowest BCUT2D eigenvalue weighted by atomic mass is 10.2. The predicted octanol–water partition coefficient (Wildman–Crippen LogP) is 2.82. The van der Waals surface area contributed by atoms with Crippen LogP contribution in [0.4, 0.5) is 0 Å². The maximum Gasteiger partial charge on any atom is 0.333 e. The van der Waals surface area contributed by atoms with Crippen molar-refractivity contribution in [3.63, 3.8) is 0 Å². The summed E-state index contributed by atoms with van der Waals surface area (Å²) in [6.07, 6.45) is 1.63. The summed E-state index contributed by atoms with van der Waals surface area (Å²) in [5, 5.41) is 0. The van der Waals surface area contributed by atoms with E-state index in [0.717, 1.165) is 12.8 Å². The fraction of sp³-hybridized carbons (Fsp3) is 0.615. The molecule has 0 bridgehead atoms. The third-order valence-corrected chi connectivity index (χ3v) is 1.59. The summed E-state index contributed by atoms with van der Waals surface area (Å²) >= 11 is 0. The van der Waals surface area contributed by atoms with Crippen LogP contribution in [-0.4, -0.2) is 18.6 Å². The van der Waals surface area contributed by atoms with Crippen LogP contribution < -0.4 is 5.73 Å². The first-order valence-corrected chi connectivity index (χ1v) is 5.51. The largest absolute Gasteiger partial charge is 0.462 e. The molecule has 0 aromatic carbocycles. The lowest BCUT2D eigenvalue weighted by molar-refractivity contribution is -0.139. The standard InChI is InChI=1S/C9H17NO2.C4H8/c1-4-8(10)5-6-12-9(11)7(2)3;1-4(2)3/h8H,2,4-6,10H2,1,3H3;1H2,2-3H3. The molecule has 0 saturated carbocycles. The van der Waals surface area contributed by atoms with Gasteiger partial charge in [0, 0.05) is 11.6 Å². The van der Waals surface area contributed by atoms with Gasteiger partial charge in [0.25, 0.3) is 0 Å². The minimum atomic E-state index is -0.335. The molecule has 0 aromatic heterocycles. The topological polar surface area (TPSA) is 52.3 Å². The molecular formula is C13H25NO2. The van der Waals surface area contributed by atoms with Crippen molar-refractivity contribution in [1.82, 2.24) is 0 Å². The van der Waals surface area contributed by atoms with Crippen LogP contribution in [0.15, 0.2) is 24.3 Å². The fourth-order valence-electron chi connectivity index (χ4n) is 0.630. The molecule has 3 nitrogen and oxygen atoms in total. The van der Waals surface area contributed by atoms with E-state index in [4.69, 9.17) is 10.5 Å². The molecule has 0 radical (unpaired) electrons. The monoisotopic (exact) mass is 227 g/mol. The predicted molar refractivity (Wildman–Crippen MR) is 69.1 cm³/mol. The summed E-state index contributed by atoms with van der Waals surface area (Å²) in [6.45, 7) is 15.0. The summed E-state index contributed by atoms with van der Waals surface area (Å²) in [6, 6.07) is 0.128. The van der Waals surface area contributed by atoms with Gasteiger partial charge in [-0.05, 0) is 33.6 Å². The highest BCUT2D eigenvalue weighted by Gasteiger charge is 2.04. The van der Waals surface area contributed by atoms with Crippen LogP contribution in [0.25, 0.3) is 0 Å². The van der Waals surface area contributed by atoms with Crippen molar-refractivity contribution in [3.05, 3.63) is 24.3 Å². The van der Waals surface area contributed by atoms with E-state index in [1.165, 1.54) is 5.57 Å². The summed E-state index contributed by atoms with van der Waals surface area (Å²) in [4.78, 5) is 10.9. The SMILES string of the molecule is C=C(C)C.C=C(C)C(=O)OCCC(N)CC. The number of allylic oxidation sites excluding steroid dienone is 1. The van der Waals surface area contributed by atoms with Crippen molar-refractivity contribution in [2.24, 2.45) is 5.73 Å². The number of ether oxygens (including phenoxy) is 1. The molecule has 0 heterocycles. The van der Waals surface area contributed by atoms with Gasteiger partial charge in [0.2, 0.25) is 0 Å². The summed E-state index contributed by atoms with van der Waals surface area (Å²) in [5.74, 6) is -0.335. The highest BCUT2D eigenvalue weighted by molar-refractivity contribution is 5.86. The lowest BCUT2D eigenvalue weighted by Gasteiger charge is -2.08. The molecule has 0 aliphatic heterocycles. The second kappa shape index (κ2) is 10.4. The first kappa shape index (κ1) is 17.3. The Balaban J connectivity index is 0. The van der Waals surface area contributed by atoms with Crippen molar-refractivity contribution >= 4 is 5.97 Å². The van der Waals surface area contributed by atoms with Gasteiger partial charge in [0.05, 0.1) is 6.61 Å². The molecule has 16 heavy (non-hydrogen) atoms. The number of esters is 1. The van der Waals surface area contributed by atoms with Crippen LogP contribution in [0.1, 0.15) is 40.5 Å². The molecule has 3 heteroatoms. The number of rotatable bonds is 5. The van der Waals surface area contributed by atoms with Gasteiger partial charge in [-0.2, -0.15) is 0 Å². The van der Waals surface area contributed by atoms with Crippen molar-refractivity contribution in [3.8, 4) is 0 Å². The Morgan fingerprint density at radius 2 is 1.75 bits per heavy atom. The number of nitrogens with two attached hydrogens (primary N) is 1. The zero-order chi connectivity index (χ0) is 13.1. The smallest absolute Gasteiger partial charge is 0.333 e. The first-order valence-electron chi connectivity index (χ1n) is 5.51. The van der Waals surface area contributed by atoms with E-state index in [-0.39, 0.29) is 12.0 Å². The van der Waals surface area contributed by atoms with Gasteiger partial charge in [-0.1, -0.05) is 19.1 Å². The first-order chi connectivity index (χ1) is 7.31. The molecule has 0 aliphatic carbocycles. The molecule has 1 unspecified atom stereocenters. The normalized spacial score (nSPS) is 10.8. The molecule has 0 rings (SSSR count). The molecule has 0 aromatic rings. The number of carbonyl (C=O) groups excluding carboxylic acids is 1. The zero-order valence-electron chi connectivity index (χ0n) is 11.0. The zero-order valence-corrected chi connectivity index (χ0v) is 11.0. The van der Waals surface area contributed by atoms with Crippen LogP contribution in [0.3, 0.4) is 0 Å². The number of hydrogen-bond acceptors (Lipinski definition) is 3. The Labute approximate surface area is 99.4 Å². The van der Waals surface area contributed by atoms with Crippen molar-refractivity contribution in [2.45, 2.75) is 46.6 Å². The van der Waals surface area contributed by atoms with Crippen LogP contribution >= 0.6 is 0 Å². The Bertz CT molecular complexity index is 230. The van der Waals surface area contributed by atoms with E-state index in [1.807, 2.05) is 20.8 Å². The fourth-order valence-corrected chi connectivity index (χ4v) is 0.630. The molecule has 2 N–H and O–H groups in total. The maximum absolute atomic E-state index is 10.9. The van der Waals surface area contributed by atoms with Crippen LogP contribution in [-0.2, 0) is 9.53 Å². The van der Waals surface area contributed by atoms with Gasteiger partial charge in [-0.3, -0.25) is 0 Å². The highest BCUT2D eigenvalue weighted by atomic mass is 16.5. The third-order valence-electron chi connectivity index (χ3n) is 1.59. The molecule has 0 fully saturated rings. The maximum atomic E-state index is 10.9. The average Bonchev–Trinajstić information content (AvgIpc) is 2.16. The van der Waals surface area contributed by atoms with E-state index in [0.29, 0.717) is 12.2 Å². The Morgan fingerprint density at radius 3 is 2.06 bits per heavy atom. The number of carbonyl (C=O) groups is 1. The summed E-state index contributed by atoms with van der Waals surface area (Å²) in [5.41, 5.74) is 7.22. The van der Waals surface area contributed by atoms with E-state index >= 15 is 0 Å². The van der Waals surface area contributed by atoms with Gasteiger partial charge < -0.3 is 10.5 Å². The molecule has 94 valence electrons. The van der Waals surface area contributed by atoms with Gasteiger partial charge in [-0.15, -0.1) is 6.58 Å². The van der Waals surface area contributed by atoms with Gasteiger partial charge in [0.1, 0.15) is 0 Å². The average molecular weight is 227 g/mol. The number of hydrogen-bond donors (Lipinski definition) is 1. The van der Waals surface area contributed by atoms with E-state index in [2.05, 4.69) is 13.2 Å². The Morgan fingerprint density at radius 1 is 1.31 bits per heavy atom. The van der Waals surface area contributed by atoms with Crippen LogP contribution in [0.5, 0.6) is 0 Å². The van der Waals surface area contributed by atoms with E-state index < -0.39 is 0 Å². The Hall–Kier alpha value is -1.09. The molecule has 0 spiro atoms. The summed E-state index contributed by atoms with van der Waals surface area (Å²) in [7, 11) is 0. The Kier molecular flexibility index (Phi) is 11.3. The molecule has 1 atom stereocenters. The minimum absolute atomic E-state index is 0.128. The van der Waals surface area contributed by atoms with E-state index in [9.17, 15) is 4.79 Å². The second-order valence-electron chi connectivity index (χ2n) is 4.08.